The normalized spacial score (nSPS) is 13.1. The summed E-state index contributed by atoms with van der Waals surface area (Å²) in [6.07, 6.45) is 0. The first kappa shape index (κ1) is 34.4. The van der Waals surface area contributed by atoms with Gasteiger partial charge in [-0.25, -0.2) is 4.57 Å². The Kier molecular flexibility index (Phi) is 7.42. The first-order valence-electron chi connectivity index (χ1n) is 20.6. The highest BCUT2D eigenvalue weighted by atomic mass is 16.3. The average molecular weight is 772 g/mol. The Morgan fingerprint density at radius 1 is 0.483 bits per heavy atom. The molecule has 1 aliphatic carbocycles. The van der Waals surface area contributed by atoms with Crippen molar-refractivity contribution in [2.45, 2.75) is 19.3 Å². The number of aromatic nitrogens is 4. The lowest BCUT2D eigenvalue weighted by Gasteiger charge is -2.22. The zero-order chi connectivity index (χ0) is 40.1. The number of hydrogen-bond donors (Lipinski definition) is 0. The largest absolute Gasteiger partial charge is 0.456 e. The number of furan rings is 1. The summed E-state index contributed by atoms with van der Waals surface area (Å²) in [5, 5.41) is 4.75. The van der Waals surface area contributed by atoms with Gasteiger partial charge in [0.15, 0.2) is 0 Å². The molecule has 0 unspecified atom stereocenters. The van der Waals surface area contributed by atoms with Gasteiger partial charge in [-0.1, -0.05) is 139 Å². The van der Waals surface area contributed by atoms with Gasteiger partial charge >= 0.3 is 5.82 Å². The quantitative estimate of drug-likeness (QED) is 0.164. The van der Waals surface area contributed by atoms with Crippen LogP contribution in [0.5, 0.6) is 0 Å². The van der Waals surface area contributed by atoms with Crippen LogP contribution in [0.4, 0.5) is 0 Å². The molecule has 0 atom stereocenters. The maximum atomic E-state index is 6.38. The van der Waals surface area contributed by atoms with Crippen LogP contribution >= 0.6 is 0 Å². The Morgan fingerprint density at radius 3 is 2.02 bits per heavy atom. The highest BCUT2D eigenvalue weighted by Crippen LogP contribution is 2.53. The number of fused-ring (bicyclic) bond motifs is 10. The third-order valence-corrected chi connectivity index (χ3v) is 12.6. The lowest BCUT2D eigenvalue weighted by molar-refractivity contribution is -0.654. The Morgan fingerprint density at radius 2 is 1.15 bits per heavy atom. The van der Waals surface area contributed by atoms with E-state index < -0.39 is 0 Å². The first-order valence-corrected chi connectivity index (χ1v) is 20.6. The molecule has 3 heterocycles. The molecular weight excluding hydrogens is 733 g/mol. The van der Waals surface area contributed by atoms with Gasteiger partial charge in [0.25, 0.3) is 11.6 Å². The van der Waals surface area contributed by atoms with Crippen LogP contribution in [0.3, 0.4) is 0 Å². The number of nitrogens with zero attached hydrogens (tertiary/aromatic N) is 4. The minimum absolute atomic E-state index is 0.146. The van der Waals surface area contributed by atoms with Crippen molar-refractivity contribution in [3.05, 3.63) is 193 Å². The van der Waals surface area contributed by atoms with Gasteiger partial charge in [0.2, 0.25) is 0 Å². The van der Waals surface area contributed by atoms with Gasteiger partial charge in [0.05, 0.1) is 34.8 Å². The fourth-order valence-corrected chi connectivity index (χ4v) is 9.85. The minimum Gasteiger partial charge on any atom is -0.456 e. The molecular formula is C55H39N4O+. The predicted molar refractivity (Wildman–Crippen MR) is 244 cm³/mol. The van der Waals surface area contributed by atoms with E-state index in [-0.39, 0.29) is 5.41 Å². The molecule has 5 nitrogen and oxygen atoms in total. The van der Waals surface area contributed by atoms with Crippen molar-refractivity contribution >= 4 is 43.7 Å². The van der Waals surface area contributed by atoms with Crippen LogP contribution in [0.15, 0.2) is 186 Å². The summed E-state index contributed by atoms with van der Waals surface area (Å²) < 4.78 is 10.9. The molecule has 0 saturated carbocycles. The van der Waals surface area contributed by atoms with Crippen LogP contribution in [0.2, 0.25) is 0 Å². The van der Waals surface area contributed by atoms with Crippen LogP contribution in [-0.2, 0) is 12.5 Å². The molecule has 0 saturated heterocycles. The van der Waals surface area contributed by atoms with Crippen molar-refractivity contribution in [3.63, 3.8) is 0 Å². The van der Waals surface area contributed by atoms with Crippen LogP contribution in [0.25, 0.3) is 106 Å². The van der Waals surface area contributed by atoms with Gasteiger partial charge in [-0.15, -0.1) is 0 Å². The minimum atomic E-state index is -0.146. The highest BCUT2D eigenvalue weighted by molar-refractivity contribution is 6.14. The van der Waals surface area contributed by atoms with Crippen molar-refractivity contribution in [1.29, 1.82) is 0 Å². The smallest absolute Gasteiger partial charge is 0.308 e. The molecule has 0 amide bonds. The lowest BCUT2D eigenvalue weighted by Crippen LogP contribution is -2.37. The molecule has 0 N–H and O–H groups in total. The number of rotatable bonds is 5. The molecule has 0 fully saturated rings. The molecule has 0 bridgehead atoms. The molecule has 12 rings (SSSR count). The van der Waals surface area contributed by atoms with E-state index in [1.807, 2.05) is 18.2 Å². The Hall–Kier alpha value is -7.63. The molecule has 284 valence electrons. The van der Waals surface area contributed by atoms with Crippen LogP contribution in [-0.4, -0.2) is 14.5 Å². The maximum absolute atomic E-state index is 6.38. The Balaban J connectivity index is 1.07. The first-order chi connectivity index (χ1) is 29.4. The molecule has 1 aliphatic rings. The highest BCUT2D eigenvalue weighted by Gasteiger charge is 2.38. The standard InChI is InChI=1S/C55H39N4O/c1-55(2)45-24-10-7-21-40(45)43-29-30-47-50(51(43)55)44-23-8-11-25-46(44)59(47)39-20-14-19-37(32-39)53-56-52(36-18-13-17-35(31-36)34-15-5-4-6-16-34)57-54(58(53)3)38-27-28-42-41-22-9-12-26-48(41)60-49(42)33-38/h4-33H,1-3H3/q+1. The summed E-state index contributed by atoms with van der Waals surface area (Å²) in [6.45, 7) is 4.74. The van der Waals surface area contributed by atoms with Crippen LogP contribution < -0.4 is 4.57 Å². The molecule has 0 spiro atoms. The second-order valence-electron chi connectivity index (χ2n) is 16.5. The fraction of sp³-hybridized carbons (Fsp3) is 0.0727. The van der Waals surface area contributed by atoms with E-state index >= 15 is 0 Å². The van der Waals surface area contributed by atoms with Gasteiger partial charge in [-0.3, -0.25) is 0 Å². The summed E-state index contributed by atoms with van der Waals surface area (Å²) in [5.41, 5.74) is 15.6. The zero-order valence-corrected chi connectivity index (χ0v) is 33.5. The SMILES string of the molecule is C[n+]1c(-c2cccc(-n3c4ccccc4c4c5c(ccc43)-c3ccccc3C5(C)C)c2)nc(-c2cccc(-c3ccccc3)c2)nc1-c1ccc2c(c1)oc1ccccc12. The Bertz CT molecular complexity index is 3540. The van der Waals surface area contributed by atoms with E-state index in [0.29, 0.717) is 5.82 Å². The summed E-state index contributed by atoms with van der Waals surface area (Å²) in [4.78, 5) is 10.7. The molecule has 0 radical (unpaired) electrons. The fourth-order valence-electron chi connectivity index (χ4n) is 9.85. The van der Waals surface area contributed by atoms with Gasteiger partial charge in [0, 0.05) is 32.6 Å². The number of benzene rings is 8. The van der Waals surface area contributed by atoms with Crippen molar-refractivity contribution in [1.82, 2.24) is 14.5 Å². The van der Waals surface area contributed by atoms with Crippen molar-refractivity contribution < 1.29 is 8.98 Å². The third-order valence-electron chi connectivity index (χ3n) is 12.6. The molecule has 5 heteroatoms. The molecule has 3 aromatic heterocycles. The van der Waals surface area contributed by atoms with Gasteiger partial charge in [0.1, 0.15) is 11.2 Å². The van der Waals surface area contributed by atoms with Crippen molar-refractivity contribution in [2.75, 3.05) is 0 Å². The van der Waals surface area contributed by atoms with Crippen molar-refractivity contribution in [2.24, 2.45) is 7.05 Å². The third kappa shape index (κ3) is 5.09. The molecule has 8 aromatic carbocycles. The van der Waals surface area contributed by atoms with Gasteiger partial charge in [-0.2, -0.15) is 0 Å². The van der Waals surface area contributed by atoms with Crippen molar-refractivity contribution in [3.8, 4) is 62.1 Å². The summed E-state index contributed by atoms with van der Waals surface area (Å²) >= 11 is 0. The van der Waals surface area contributed by atoms with Crippen LogP contribution in [0, 0.1) is 0 Å². The van der Waals surface area contributed by atoms with Gasteiger partial charge < -0.3 is 8.98 Å². The lowest BCUT2D eigenvalue weighted by atomic mass is 9.80. The van der Waals surface area contributed by atoms with E-state index in [1.165, 1.54) is 44.1 Å². The summed E-state index contributed by atoms with van der Waals surface area (Å²) in [7, 11) is 2.06. The molecule has 60 heavy (non-hydrogen) atoms. The predicted octanol–water partition coefficient (Wildman–Crippen LogP) is 13.3. The average Bonchev–Trinajstić information content (AvgIpc) is 3.92. The monoisotopic (exact) mass is 771 g/mol. The molecule has 0 aliphatic heterocycles. The van der Waals surface area contributed by atoms with Gasteiger partial charge in [-0.05, 0) is 100 Å². The second kappa shape index (κ2) is 12.9. The van der Waals surface area contributed by atoms with E-state index in [1.54, 1.807) is 0 Å². The van der Waals surface area contributed by atoms with E-state index in [2.05, 4.69) is 194 Å². The Labute approximate surface area is 347 Å². The topological polar surface area (TPSA) is 47.7 Å². The summed E-state index contributed by atoms with van der Waals surface area (Å²) in [6, 6.07) is 64.8. The maximum Gasteiger partial charge on any atom is 0.308 e. The molecule has 11 aromatic rings. The number of hydrogen-bond acceptors (Lipinski definition) is 3. The van der Waals surface area contributed by atoms with E-state index in [4.69, 9.17) is 14.4 Å². The zero-order valence-electron chi connectivity index (χ0n) is 33.5. The number of para-hydroxylation sites is 2. The van der Waals surface area contributed by atoms with E-state index in [9.17, 15) is 0 Å². The van der Waals surface area contributed by atoms with E-state index in [0.717, 1.165) is 67.1 Å². The second-order valence-corrected chi connectivity index (χ2v) is 16.5. The summed E-state index contributed by atoms with van der Waals surface area (Å²) in [5.74, 6) is 2.26. The van der Waals surface area contributed by atoms with Crippen LogP contribution in [0.1, 0.15) is 25.0 Å².